The fraction of sp³-hybridized carbons (Fsp3) is 0.462. The van der Waals surface area contributed by atoms with Crippen molar-refractivity contribution in [3.05, 3.63) is 29.3 Å². The first-order valence-electron chi connectivity index (χ1n) is 6.08. The molecule has 1 saturated carbocycles. The molecule has 0 aliphatic heterocycles. The average Bonchev–Trinajstić information content (AvgIpc) is 3.20. The highest BCUT2D eigenvalue weighted by molar-refractivity contribution is 14.0. The van der Waals surface area contributed by atoms with Crippen LogP contribution in [0.3, 0.4) is 0 Å². The van der Waals surface area contributed by atoms with E-state index in [0.29, 0.717) is 30.2 Å². The Balaban J connectivity index is 0.00000180. The Labute approximate surface area is 136 Å². The van der Waals surface area contributed by atoms with Crippen molar-refractivity contribution in [3.8, 4) is 5.75 Å². The van der Waals surface area contributed by atoms with Gasteiger partial charge in [-0.05, 0) is 37.1 Å². The lowest BCUT2D eigenvalue weighted by Gasteiger charge is -2.16. The van der Waals surface area contributed by atoms with Gasteiger partial charge in [0.05, 0.1) is 6.54 Å². The van der Waals surface area contributed by atoms with Gasteiger partial charge in [-0.2, -0.15) is 0 Å². The third-order valence-electron chi connectivity index (χ3n) is 2.90. The van der Waals surface area contributed by atoms with E-state index < -0.39 is 0 Å². The van der Waals surface area contributed by atoms with Crippen molar-refractivity contribution in [2.24, 2.45) is 10.7 Å². The van der Waals surface area contributed by atoms with Gasteiger partial charge in [0.1, 0.15) is 12.4 Å². The number of benzene rings is 1. The molecule has 0 unspecified atom stereocenters. The fourth-order valence-electron chi connectivity index (χ4n) is 1.61. The number of nitrogens with zero attached hydrogens (tertiary/aromatic N) is 2. The number of hydrogen-bond donors (Lipinski definition) is 1. The Bertz CT molecular complexity index is 420. The quantitative estimate of drug-likeness (QED) is 0.361. The fourth-order valence-corrected chi connectivity index (χ4v) is 1.74. The van der Waals surface area contributed by atoms with Crippen LogP contribution in [0.25, 0.3) is 0 Å². The smallest absolute Gasteiger partial charge is 0.191 e. The minimum absolute atomic E-state index is 0. The molecule has 4 nitrogen and oxygen atoms in total. The molecule has 19 heavy (non-hydrogen) atoms. The largest absolute Gasteiger partial charge is 0.492 e. The molecule has 0 aromatic heterocycles. The van der Waals surface area contributed by atoms with E-state index in [0.717, 1.165) is 5.75 Å². The summed E-state index contributed by atoms with van der Waals surface area (Å²) in [4.78, 5) is 6.32. The van der Waals surface area contributed by atoms with Crippen LogP contribution in [0.5, 0.6) is 5.75 Å². The van der Waals surface area contributed by atoms with Crippen molar-refractivity contribution in [3.63, 3.8) is 0 Å². The molecule has 1 aromatic carbocycles. The molecule has 2 N–H and O–H groups in total. The summed E-state index contributed by atoms with van der Waals surface area (Å²) >= 11 is 5.79. The van der Waals surface area contributed by atoms with Crippen LogP contribution in [-0.2, 0) is 0 Å². The van der Waals surface area contributed by atoms with Gasteiger partial charge in [-0.1, -0.05) is 11.6 Å². The molecule has 0 amide bonds. The number of hydrogen-bond acceptors (Lipinski definition) is 2. The van der Waals surface area contributed by atoms with Crippen LogP contribution >= 0.6 is 35.6 Å². The van der Waals surface area contributed by atoms with Gasteiger partial charge in [-0.3, -0.25) is 0 Å². The van der Waals surface area contributed by atoms with Gasteiger partial charge in [0.2, 0.25) is 0 Å². The molecule has 1 fully saturated rings. The van der Waals surface area contributed by atoms with Gasteiger partial charge in [0.25, 0.3) is 0 Å². The summed E-state index contributed by atoms with van der Waals surface area (Å²) < 4.78 is 5.53. The summed E-state index contributed by atoms with van der Waals surface area (Å²) in [6, 6.07) is 7.87. The topological polar surface area (TPSA) is 50.8 Å². The maximum Gasteiger partial charge on any atom is 0.191 e. The van der Waals surface area contributed by atoms with E-state index in [1.807, 2.05) is 24.1 Å². The van der Waals surface area contributed by atoms with E-state index in [2.05, 4.69) is 4.99 Å². The minimum atomic E-state index is 0. The number of ether oxygens (including phenoxy) is 1. The molecule has 0 spiro atoms. The standard InChI is InChI=1S/C13H18ClN3O.HI/c1-17(11-4-5-11)13(15)16-8-9-18-12-6-2-10(14)3-7-12;/h2-3,6-7,11H,4-5,8-9H2,1H3,(H2,15,16);1H. The molecule has 6 heteroatoms. The van der Waals surface area contributed by atoms with E-state index in [1.54, 1.807) is 12.1 Å². The molecule has 1 aliphatic carbocycles. The monoisotopic (exact) mass is 395 g/mol. The molecular weight excluding hydrogens is 377 g/mol. The molecule has 0 atom stereocenters. The molecule has 0 radical (unpaired) electrons. The highest BCUT2D eigenvalue weighted by atomic mass is 127. The van der Waals surface area contributed by atoms with Gasteiger partial charge >= 0.3 is 0 Å². The highest BCUT2D eigenvalue weighted by Crippen LogP contribution is 2.24. The van der Waals surface area contributed by atoms with Crippen molar-refractivity contribution in [1.82, 2.24) is 4.90 Å². The predicted molar refractivity (Wildman–Crippen MR) is 89.6 cm³/mol. The van der Waals surface area contributed by atoms with Gasteiger partial charge in [0, 0.05) is 18.1 Å². The summed E-state index contributed by atoms with van der Waals surface area (Å²) in [6.07, 6.45) is 2.43. The Kier molecular flexibility index (Phi) is 6.71. The van der Waals surface area contributed by atoms with E-state index in [1.165, 1.54) is 12.8 Å². The van der Waals surface area contributed by atoms with Gasteiger partial charge < -0.3 is 15.4 Å². The first-order chi connectivity index (χ1) is 8.66. The van der Waals surface area contributed by atoms with Crippen LogP contribution in [0.1, 0.15) is 12.8 Å². The zero-order valence-electron chi connectivity index (χ0n) is 10.9. The van der Waals surface area contributed by atoms with Crippen molar-refractivity contribution < 1.29 is 4.74 Å². The van der Waals surface area contributed by atoms with Crippen LogP contribution in [0, 0.1) is 0 Å². The SMILES string of the molecule is CN(C(N)=NCCOc1ccc(Cl)cc1)C1CC1.I. The lowest BCUT2D eigenvalue weighted by Crippen LogP contribution is -2.36. The Morgan fingerprint density at radius 2 is 2.05 bits per heavy atom. The Morgan fingerprint density at radius 1 is 1.42 bits per heavy atom. The Morgan fingerprint density at radius 3 is 2.63 bits per heavy atom. The molecule has 2 rings (SSSR count). The maximum atomic E-state index is 5.86. The maximum absolute atomic E-state index is 5.86. The molecule has 0 saturated heterocycles. The second-order valence-corrected chi connectivity index (χ2v) is 4.82. The Hall–Kier alpha value is -0.690. The molecule has 1 aromatic rings. The van der Waals surface area contributed by atoms with Crippen LogP contribution in [0.15, 0.2) is 29.3 Å². The number of aliphatic imine (C=N–C) groups is 1. The minimum Gasteiger partial charge on any atom is -0.492 e. The van der Waals surface area contributed by atoms with Crippen molar-refractivity contribution in [2.45, 2.75) is 18.9 Å². The van der Waals surface area contributed by atoms with Crippen molar-refractivity contribution in [2.75, 3.05) is 20.2 Å². The van der Waals surface area contributed by atoms with Gasteiger partial charge in [-0.15, -0.1) is 24.0 Å². The number of rotatable bonds is 5. The summed E-state index contributed by atoms with van der Waals surface area (Å²) in [6.45, 7) is 1.08. The molecule has 106 valence electrons. The third-order valence-corrected chi connectivity index (χ3v) is 3.16. The van der Waals surface area contributed by atoms with Gasteiger partial charge in [-0.25, -0.2) is 4.99 Å². The first kappa shape index (κ1) is 16.4. The molecular formula is C13H19ClIN3O. The number of nitrogens with two attached hydrogens (primary N) is 1. The van der Waals surface area contributed by atoms with Crippen LogP contribution in [-0.4, -0.2) is 37.1 Å². The van der Waals surface area contributed by atoms with E-state index in [-0.39, 0.29) is 24.0 Å². The average molecular weight is 396 g/mol. The van der Waals surface area contributed by atoms with Crippen LogP contribution in [0.2, 0.25) is 5.02 Å². The lowest BCUT2D eigenvalue weighted by molar-refractivity contribution is 0.327. The zero-order chi connectivity index (χ0) is 13.0. The molecule has 1 aliphatic rings. The van der Waals surface area contributed by atoms with Crippen molar-refractivity contribution >= 4 is 41.5 Å². The van der Waals surface area contributed by atoms with E-state index >= 15 is 0 Å². The van der Waals surface area contributed by atoms with Crippen molar-refractivity contribution in [1.29, 1.82) is 0 Å². The number of halogens is 2. The van der Waals surface area contributed by atoms with E-state index in [4.69, 9.17) is 22.1 Å². The summed E-state index contributed by atoms with van der Waals surface area (Å²) in [5.74, 6) is 1.39. The zero-order valence-corrected chi connectivity index (χ0v) is 14.0. The highest BCUT2D eigenvalue weighted by Gasteiger charge is 2.27. The summed E-state index contributed by atoms with van der Waals surface area (Å²) in [5.41, 5.74) is 5.86. The normalized spacial score (nSPS) is 14.7. The lowest BCUT2D eigenvalue weighted by atomic mass is 10.3. The molecule has 0 heterocycles. The summed E-state index contributed by atoms with van der Waals surface area (Å²) in [7, 11) is 1.98. The second kappa shape index (κ2) is 7.79. The van der Waals surface area contributed by atoms with E-state index in [9.17, 15) is 0 Å². The second-order valence-electron chi connectivity index (χ2n) is 4.38. The van der Waals surface area contributed by atoms with Crippen LogP contribution in [0.4, 0.5) is 0 Å². The van der Waals surface area contributed by atoms with Crippen LogP contribution < -0.4 is 10.5 Å². The summed E-state index contributed by atoms with van der Waals surface area (Å²) in [5, 5.41) is 0.704. The first-order valence-corrected chi connectivity index (χ1v) is 6.46. The van der Waals surface area contributed by atoms with Gasteiger partial charge in [0.15, 0.2) is 5.96 Å². The molecule has 0 bridgehead atoms. The number of guanidine groups is 1. The third kappa shape index (κ3) is 5.44. The predicted octanol–water partition coefficient (Wildman–Crippen LogP) is 2.75.